The van der Waals surface area contributed by atoms with Crippen molar-refractivity contribution in [3.63, 3.8) is 0 Å². The summed E-state index contributed by atoms with van der Waals surface area (Å²) >= 11 is 0. The maximum Gasteiger partial charge on any atom is 0.244 e. The van der Waals surface area contributed by atoms with Crippen LogP contribution in [0.3, 0.4) is 0 Å². The number of fused-ring (bicyclic) bond motifs is 1. The van der Waals surface area contributed by atoms with Crippen molar-refractivity contribution in [1.82, 2.24) is 5.32 Å². The molecule has 1 heterocycles. The van der Waals surface area contributed by atoms with Crippen molar-refractivity contribution in [3.05, 3.63) is 65.5 Å². The number of hydrogen-bond acceptors (Lipinski definition) is 3. The SMILES string of the molecule is O=C(/C=C/c1ccc(F)cc1)NC(c1ccc2c(c1)OCCO2)C1CC1. The summed E-state index contributed by atoms with van der Waals surface area (Å²) in [4.78, 5) is 12.4. The molecular weight excluding hydrogens is 333 g/mol. The number of nitrogens with one attached hydrogen (secondary N) is 1. The van der Waals surface area contributed by atoms with Crippen LogP contribution in [0.5, 0.6) is 11.5 Å². The Labute approximate surface area is 151 Å². The topological polar surface area (TPSA) is 47.6 Å². The van der Waals surface area contributed by atoms with Crippen LogP contribution >= 0.6 is 0 Å². The van der Waals surface area contributed by atoms with Gasteiger partial charge in [-0.05, 0) is 60.2 Å². The zero-order valence-electron chi connectivity index (χ0n) is 14.3. The Bertz CT molecular complexity index is 828. The first-order valence-electron chi connectivity index (χ1n) is 8.83. The second-order valence-electron chi connectivity index (χ2n) is 6.61. The highest BCUT2D eigenvalue weighted by Gasteiger charge is 2.33. The smallest absolute Gasteiger partial charge is 0.244 e. The van der Waals surface area contributed by atoms with Gasteiger partial charge in [-0.15, -0.1) is 0 Å². The Hall–Kier alpha value is -2.82. The lowest BCUT2D eigenvalue weighted by atomic mass is 10.0. The van der Waals surface area contributed by atoms with E-state index in [2.05, 4.69) is 5.32 Å². The third kappa shape index (κ3) is 3.87. The zero-order valence-corrected chi connectivity index (χ0v) is 14.3. The summed E-state index contributed by atoms with van der Waals surface area (Å²) in [6, 6.07) is 11.8. The number of carbonyl (C=O) groups is 1. The molecule has 1 saturated carbocycles. The van der Waals surface area contributed by atoms with E-state index in [1.54, 1.807) is 18.2 Å². The van der Waals surface area contributed by atoms with Crippen LogP contribution in [0.1, 0.15) is 30.0 Å². The molecule has 0 spiro atoms. The van der Waals surface area contributed by atoms with E-state index < -0.39 is 0 Å². The van der Waals surface area contributed by atoms with Gasteiger partial charge in [0.1, 0.15) is 19.0 Å². The second kappa shape index (κ2) is 7.20. The number of amides is 1. The molecule has 134 valence electrons. The number of hydrogen-bond donors (Lipinski definition) is 1. The number of carbonyl (C=O) groups excluding carboxylic acids is 1. The molecular formula is C21H20FNO3. The van der Waals surface area contributed by atoms with Gasteiger partial charge in [0, 0.05) is 6.08 Å². The van der Waals surface area contributed by atoms with E-state index in [1.807, 2.05) is 18.2 Å². The molecule has 0 saturated heterocycles. The molecule has 4 nitrogen and oxygen atoms in total. The molecule has 1 aliphatic carbocycles. The van der Waals surface area contributed by atoms with Gasteiger partial charge in [-0.2, -0.15) is 0 Å². The Balaban J connectivity index is 1.47. The highest BCUT2D eigenvalue weighted by molar-refractivity contribution is 5.92. The molecule has 1 N–H and O–H groups in total. The largest absolute Gasteiger partial charge is 0.486 e. The summed E-state index contributed by atoms with van der Waals surface area (Å²) < 4.78 is 24.2. The van der Waals surface area contributed by atoms with Gasteiger partial charge in [-0.3, -0.25) is 4.79 Å². The maximum absolute atomic E-state index is 12.9. The normalized spacial score (nSPS) is 17.1. The average molecular weight is 353 g/mol. The number of benzene rings is 2. The van der Waals surface area contributed by atoms with E-state index in [1.165, 1.54) is 18.2 Å². The second-order valence-corrected chi connectivity index (χ2v) is 6.61. The molecule has 0 bridgehead atoms. The first-order valence-corrected chi connectivity index (χ1v) is 8.83. The molecule has 2 aromatic carbocycles. The molecule has 1 unspecified atom stereocenters. The minimum Gasteiger partial charge on any atom is -0.486 e. The Morgan fingerprint density at radius 3 is 2.54 bits per heavy atom. The van der Waals surface area contributed by atoms with Gasteiger partial charge in [0.05, 0.1) is 6.04 Å². The summed E-state index contributed by atoms with van der Waals surface area (Å²) in [6.45, 7) is 1.10. The van der Waals surface area contributed by atoms with Crippen LogP contribution < -0.4 is 14.8 Å². The van der Waals surface area contributed by atoms with Crippen molar-refractivity contribution >= 4 is 12.0 Å². The van der Waals surface area contributed by atoms with E-state index in [0.29, 0.717) is 19.1 Å². The predicted molar refractivity (Wildman–Crippen MR) is 96.5 cm³/mol. The van der Waals surface area contributed by atoms with E-state index in [-0.39, 0.29) is 17.8 Å². The van der Waals surface area contributed by atoms with Crippen molar-refractivity contribution in [3.8, 4) is 11.5 Å². The quantitative estimate of drug-likeness (QED) is 0.830. The van der Waals surface area contributed by atoms with Gasteiger partial charge in [0.2, 0.25) is 5.91 Å². The van der Waals surface area contributed by atoms with E-state index >= 15 is 0 Å². The fourth-order valence-corrected chi connectivity index (χ4v) is 3.10. The van der Waals surface area contributed by atoms with Crippen LogP contribution in [0.4, 0.5) is 4.39 Å². The van der Waals surface area contributed by atoms with Gasteiger partial charge in [-0.25, -0.2) is 4.39 Å². The molecule has 4 rings (SSSR count). The molecule has 0 radical (unpaired) electrons. The Morgan fingerprint density at radius 2 is 1.81 bits per heavy atom. The van der Waals surface area contributed by atoms with Gasteiger partial charge in [0.25, 0.3) is 0 Å². The number of rotatable bonds is 5. The molecule has 1 aliphatic heterocycles. The van der Waals surface area contributed by atoms with E-state index in [0.717, 1.165) is 35.5 Å². The lowest BCUT2D eigenvalue weighted by Crippen LogP contribution is -2.28. The van der Waals surface area contributed by atoms with Crippen LogP contribution in [-0.4, -0.2) is 19.1 Å². The average Bonchev–Trinajstić information content (AvgIpc) is 3.50. The first-order chi connectivity index (χ1) is 12.7. The molecule has 26 heavy (non-hydrogen) atoms. The van der Waals surface area contributed by atoms with Crippen molar-refractivity contribution in [2.45, 2.75) is 18.9 Å². The molecule has 2 aliphatic rings. The Morgan fingerprint density at radius 1 is 1.08 bits per heavy atom. The molecule has 1 fully saturated rings. The van der Waals surface area contributed by atoms with E-state index in [4.69, 9.17) is 9.47 Å². The molecule has 1 amide bonds. The van der Waals surface area contributed by atoms with Crippen LogP contribution in [0.2, 0.25) is 0 Å². The van der Waals surface area contributed by atoms with Crippen LogP contribution in [0, 0.1) is 11.7 Å². The Kier molecular flexibility index (Phi) is 4.61. The standard InChI is InChI=1S/C21H20FNO3/c22-17-7-1-14(2-8-17)3-10-20(24)23-21(15-4-5-15)16-6-9-18-19(13-16)26-12-11-25-18/h1-3,6-10,13,15,21H,4-5,11-12H2,(H,23,24)/b10-3+. The minimum atomic E-state index is -0.293. The molecule has 1 atom stereocenters. The highest BCUT2D eigenvalue weighted by atomic mass is 19.1. The zero-order chi connectivity index (χ0) is 17.9. The summed E-state index contributed by atoms with van der Waals surface area (Å²) in [5, 5.41) is 3.09. The third-order valence-electron chi connectivity index (χ3n) is 4.61. The van der Waals surface area contributed by atoms with Crippen LogP contribution in [0.15, 0.2) is 48.5 Å². The predicted octanol–water partition coefficient (Wildman–Crippen LogP) is 3.88. The number of halogens is 1. The fraction of sp³-hybridized carbons (Fsp3) is 0.286. The van der Waals surface area contributed by atoms with Crippen LogP contribution in [0.25, 0.3) is 6.08 Å². The molecule has 5 heteroatoms. The number of ether oxygens (including phenoxy) is 2. The lowest BCUT2D eigenvalue weighted by Gasteiger charge is -2.22. The summed E-state index contributed by atoms with van der Waals surface area (Å²) in [5.41, 5.74) is 1.81. The van der Waals surface area contributed by atoms with Gasteiger partial charge in [0.15, 0.2) is 11.5 Å². The monoisotopic (exact) mass is 353 g/mol. The minimum absolute atomic E-state index is 0.0452. The van der Waals surface area contributed by atoms with Crippen molar-refractivity contribution < 1.29 is 18.7 Å². The maximum atomic E-state index is 12.9. The highest BCUT2D eigenvalue weighted by Crippen LogP contribution is 2.43. The molecule has 0 aromatic heterocycles. The van der Waals surface area contributed by atoms with E-state index in [9.17, 15) is 9.18 Å². The van der Waals surface area contributed by atoms with Crippen LogP contribution in [-0.2, 0) is 4.79 Å². The van der Waals surface area contributed by atoms with Crippen molar-refractivity contribution in [2.75, 3.05) is 13.2 Å². The van der Waals surface area contributed by atoms with Crippen molar-refractivity contribution in [2.24, 2.45) is 5.92 Å². The summed E-state index contributed by atoms with van der Waals surface area (Å²) in [6.07, 6.45) is 5.37. The van der Waals surface area contributed by atoms with Gasteiger partial charge < -0.3 is 14.8 Å². The van der Waals surface area contributed by atoms with Gasteiger partial charge >= 0.3 is 0 Å². The molecule has 2 aromatic rings. The first kappa shape index (κ1) is 16.6. The third-order valence-corrected chi connectivity index (χ3v) is 4.61. The van der Waals surface area contributed by atoms with Crippen molar-refractivity contribution in [1.29, 1.82) is 0 Å². The fourth-order valence-electron chi connectivity index (χ4n) is 3.10. The van der Waals surface area contributed by atoms with Gasteiger partial charge in [-0.1, -0.05) is 18.2 Å². The summed E-state index contributed by atoms with van der Waals surface area (Å²) in [7, 11) is 0. The lowest BCUT2D eigenvalue weighted by molar-refractivity contribution is -0.117. The summed E-state index contributed by atoms with van der Waals surface area (Å²) in [5.74, 6) is 1.47.